The van der Waals surface area contributed by atoms with E-state index in [-0.39, 0.29) is 33.4 Å². The Hall–Kier alpha value is -1.22. The quantitative estimate of drug-likeness (QED) is 0.655. The Morgan fingerprint density at radius 3 is 2.50 bits per heavy atom. The summed E-state index contributed by atoms with van der Waals surface area (Å²) in [5.41, 5.74) is -0.174. The Labute approximate surface area is 123 Å². The molecule has 0 spiro atoms. The van der Waals surface area contributed by atoms with Crippen LogP contribution in [0, 0.1) is 15.9 Å². The molecule has 20 heavy (non-hydrogen) atoms. The lowest BCUT2D eigenvalue weighted by molar-refractivity contribution is -0.384. The molecule has 6 nitrogen and oxygen atoms in total. The number of nitrogens with zero attached hydrogens (tertiary/aromatic N) is 1. The molecule has 110 valence electrons. The molecule has 0 aromatic heterocycles. The van der Waals surface area contributed by atoms with Crippen LogP contribution in [0.5, 0.6) is 0 Å². The highest BCUT2D eigenvalue weighted by atomic mass is 79.9. The van der Waals surface area contributed by atoms with Gasteiger partial charge in [0, 0.05) is 6.04 Å². The Balaban J connectivity index is 2.21. The average Bonchev–Trinajstić information content (AvgIpc) is 2.35. The maximum atomic E-state index is 13.3. The van der Waals surface area contributed by atoms with Crippen molar-refractivity contribution in [3.63, 3.8) is 0 Å². The van der Waals surface area contributed by atoms with E-state index in [1.54, 1.807) is 0 Å². The summed E-state index contributed by atoms with van der Waals surface area (Å²) < 4.78 is 36.1. The molecule has 1 N–H and O–H groups in total. The van der Waals surface area contributed by atoms with Gasteiger partial charge in [0.2, 0.25) is 0 Å². The van der Waals surface area contributed by atoms with Crippen molar-refractivity contribution in [2.45, 2.75) is 18.9 Å². The van der Waals surface area contributed by atoms with Crippen molar-refractivity contribution in [1.82, 2.24) is 0 Å². The monoisotopic (exact) mass is 366 g/mol. The molecular weight excluding hydrogens is 355 g/mol. The summed E-state index contributed by atoms with van der Waals surface area (Å²) in [6, 6.07) is 1.97. The number of hydrogen-bond donors (Lipinski definition) is 1. The second-order valence-corrected chi connectivity index (χ2v) is 7.77. The van der Waals surface area contributed by atoms with Crippen LogP contribution in [0.1, 0.15) is 12.8 Å². The van der Waals surface area contributed by atoms with Crippen LogP contribution in [0.15, 0.2) is 16.6 Å². The molecule has 0 bridgehead atoms. The summed E-state index contributed by atoms with van der Waals surface area (Å²) in [6.45, 7) is 0. The van der Waals surface area contributed by atoms with E-state index < -0.39 is 20.6 Å². The first-order valence-electron chi connectivity index (χ1n) is 5.89. The molecule has 0 saturated carbocycles. The van der Waals surface area contributed by atoms with E-state index in [4.69, 9.17) is 0 Å². The zero-order chi connectivity index (χ0) is 14.9. The highest BCUT2D eigenvalue weighted by molar-refractivity contribution is 9.10. The molecule has 9 heteroatoms. The van der Waals surface area contributed by atoms with Gasteiger partial charge in [-0.15, -0.1) is 0 Å². The van der Waals surface area contributed by atoms with Crippen LogP contribution in [0.25, 0.3) is 0 Å². The molecule has 0 atom stereocenters. The van der Waals surface area contributed by atoms with E-state index in [0.717, 1.165) is 6.07 Å². The fourth-order valence-corrected chi connectivity index (χ4v) is 3.89. The maximum absolute atomic E-state index is 13.3. The van der Waals surface area contributed by atoms with Gasteiger partial charge >= 0.3 is 0 Å². The topological polar surface area (TPSA) is 89.3 Å². The first-order chi connectivity index (χ1) is 9.28. The number of nitro groups is 1. The minimum Gasteiger partial charge on any atom is -0.377 e. The summed E-state index contributed by atoms with van der Waals surface area (Å²) >= 11 is 2.98. The first kappa shape index (κ1) is 15.2. The van der Waals surface area contributed by atoms with Crippen LogP contribution in [0.2, 0.25) is 0 Å². The van der Waals surface area contributed by atoms with Gasteiger partial charge in [0.25, 0.3) is 5.69 Å². The first-order valence-corrected chi connectivity index (χ1v) is 8.50. The van der Waals surface area contributed by atoms with E-state index in [1.165, 1.54) is 6.07 Å². The van der Waals surface area contributed by atoms with Crippen LogP contribution in [-0.4, -0.2) is 30.9 Å². The highest BCUT2D eigenvalue weighted by Gasteiger charge is 2.26. The number of halogens is 2. The van der Waals surface area contributed by atoms with Crippen molar-refractivity contribution in [2.24, 2.45) is 0 Å². The SMILES string of the molecule is O=[N+]([O-])c1cc(F)c(Br)cc1NC1CCS(=O)(=O)CC1. The number of nitro benzene ring substituents is 1. The molecule has 0 unspecified atom stereocenters. The molecule has 1 aliphatic rings. The minimum atomic E-state index is -2.99. The van der Waals surface area contributed by atoms with Crippen LogP contribution in [0.4, 0.5) is 15.8 Å². The fraction of sp³-hybridized carbons (Fsp3) is 0.455. The third kappa shape index (κ3) is 3.45. The van der Waals surface area contributed by atoms with Crippen molar-refractivity contribution in [2.75, 3.05) is 16.8 Å². The average molecular weight is 367 g/mol. The predicted octanol–water partition coefficient (Wildman–Crippen LogP) is 2.49. The van der Waals surface area contributed by atoms with E-state index in [0.29, 0.717) is 12.8 Å². The van der Waals surface area contributed by atoms with Gasteiger partial charge in [0.05, 0.1) is 27.0 Å². The van der Waals surface area contributed by atoms with Gasteiger partial charge in [-0.3, -0.25) is 10.1 Å². The lowest BCUT2D eigenvalue weighted by Crippen LogP contribution is -2.32. The molecular formula is C11H12BrFN2O4S. The lowest BCUT2D eigenvalue weighted by atomic mass is 10.1. The molecule has 1 heterocycles. The predicted molar refractivity (Wildman–Crippen MR) is 76.1 cm³/mol. The highest BCUT2D eigenvalue weighted by Crippen LogP contribution is 2.32. The van der Waals surface area contributed by atoms with Gasteiger partial charge in [-0.2, -0.15) is 0 Å². The number of hydrogen-bond acceptors (Lipinski definition) is 5. The van der Waals surface area contributed by atoms with E-state index in [2.05, 4.69) is 21.2 Å². The van der Waals surface area contributed by atoms with E-state index in [9.17, 15) is 22.9 Å². The third-order valence-electron chi connectivity index (χ3n) is 3.15. The molecule has 1 aromatic carbocycles. The number of anilines is 1. The number of nitrogens with one attached hydrogen (secondary N) is 1. The van der Waals surface area contributed by atoms with Crippen LogP contribution in [0.3, 0.4) is 0 Å². The molecule has 0 radical (unpaired) electrons. The number of benzene rings is 1. The third-order valence-corrected chi connectivity index (χ3v) is 5.47. The Morgan fingerprint density at radius 1 is 1.35 bits per heavy atom. The van der Waals surface area contributed by atoms with Gasteiger partial charge in [0.15, 0.2) is 0 Å². The Bertz CT molecular complexity index is 636. The van der Waals surface area contributed by atoms with Crippen molar-refractivity contribution in [1.29, 1.82) is 0 Å². The fourth-order valence-electron chi connectivity index (χ4n) is 2.06. The number of sulfone groups is 1. The molecule has 1 aromatic rings. The van der Waals surface area contributed by atoms with Crippen molar-refractivity contribution >= 4 is 37.1 Å². The van der Waals surface area contributed by atoms with Gasteiger partial charge < -0.3 is 5.32 Å². The normalized spacial score (nSPS) is 18.7. The minimum absolute atomic E-state index is 0.0564. The zero-order valence-electron chi connectivity index (χ0n) is 10.3. The molecule has 1 aliphatic heterocycles. The van der Waals surface area contributed by atoms with Gasteiger partial charge in [0.1, 0.15) is 21.3 Å². The molecule has 0 aliphatic carbocycles. The molecule has 1 saturated heterocycles. The molecule has 0 amide bonds. The summed E-state index contributed by atoms with van der Waals surface area (Å²) in [5, 5.41) is 13.9. The largest absolute Gasteiger partial charge is 0.377 e. The zero-order valence-corrected chi connectivity index (χ0v) is 12.7. The summed E-state index contributed by atoms with van der Waals surface area (Å²) in [4.78, 5) is 10.2. The summed E-state index contributed by atoms with van der Waals surface area (Å²) in [7, 11) is -2.99. The van der Waals surface area contributed by atoms with Gasteiger partial charge in [-0.1, -0.05) is 0 Å². The van der Waals surface area contributed by atoms with Gasteiger partial charge in [-0.25, -0.2) is 12.8 Å². The van der Waals surface area contributed by atoms with Gasteiger partial charge in [-0.05, 0) is 34.8 Å². The number of rotatable bonds is 3. The summed E-state index contributed by atoms with van der Waals surface area (Å²) in [6.07, 6.45) is 0.767. The molecule has 2 rings (SSSR count). The molecule has 1 fully saturated rings. The maximum Gasteiger partial charge on any atom is 0.295 e. The smallest absolute Gasteiger partial charge is 0.295 e. The van der Waals surface area contributed by atoms with Crippen molar-refractivity contribution in [3.05, 3.63) is 32.5 Å². The standard InChI is InChI=1S/C11H12BrFN2O4S/c12-8-5-10(11(15(16)17)6-9(8)13)14-7-1-3-20(18,19)4-2-7/h5-7,14H,1-4H2. The second kappa shape index (κ2) is 5.65. The van der Waals surface area contributed by atoms with Crippen LogP contribution >= 0.6 is 15.9 Å². The van der Waals surface area contributed by atoms with E-state index >= 15 is 0 Å². The second-order valence-electron chi connectivity index (χ2n) is 4.61. The lowest BCUT2D eigenvalue weighted by Gasteiger charge is -2.24. The van der Waals surface area contributed by atoms with Crippen molar-refractivity contribution in [3.8, 4) is 0 Å². The van der Waals surface area contributed by atoms with Crippen LogP contribution in [-0.2, 0) is 9.84 Å². The van der Waals surface area contributed by atoms with Crippen molar-refractivity contribution < 1.29 is 17.7 Å². The Morgan fingerprint density at radius 2 is 1.95 bits per heavy atom. The Kier molecular flexibility index (Phi) is 4.28. The van der Waals surface area contributed by atoms with Crippen LogP contribution < -0.4 is 5.32 Å². The van der Waals surface area contributed by atoms with E-state index in [1.807, 2.05) is 0 Å². The summed E-state index contributed by atoms with van der Waals surface area (Å²) in [5.74, 6) is -0.602.